The van der Waals surface area contributed by atoms with E-state index < -0.39 is 17.8 Å². The summed E-state index contributed by atoms with van der Waals surface area (Å²) in [5, 5.41) is 19.1. The first-order valence-corrected chi connectivity index (χ1v) is 7.74. The molecule has 0 fully saturated rings. The SMILES string of the molecule is CCCN(CCC(=O)O)CCC(O)c1ccc2[nH]c(=O)oc2c1. The van der Waals surface area contributed by atoms with Gasteiger partial charge in [0, 0.05) is 13.1 Å². The number of hydrogen-bond donors (Lipinski definition) is 3. The zero-order valence-electron chi connectivity index (χ0n) is 13.1. The predicted octanol–water partition coefficient (Wildman–Crippen LogP) is 1.73. The van der Waals surface area contributed by atoms with E-state index in [1.807, 2.05) is 11.8 Å². The van der Waals surface area contributed by atoms with Gasteiger partial charge in [0.05, 0.1) is 18.0 Å². The molecule has 2 aromatic rings. The van der Waals surface area contributed by atoms with Crippen LogP contribution in [-0.4, -0.2) is 45.7 Å². The second-order valence-electron chi connectivity index (χ2n) is 5.56. The van der Waals surface area contributed by atoms with Crippen LogP contribution in [0.4, 0.5) is 0 Å². The Labute approximate surface area is 133 Å². The van der Waals surface area contributed by atoms with Gasteiger partial charge in [0.1, 0.15) is 0 Å². The molecule has 0 aliphatic rings. The molecule has 1 heterocycles. The Morgan fingerprint density at radius 3 is 2.83 bits per heavy atom. The molecule has 1 aromatic heterocycles. The molecule has 126 valence electrons. The number of aliphatic hydroxyl groups is 1. The quantitative estimate of drug-likeness (QED) is 0.649. The number of aromatic nitrogens is 1. The van der Waals surface area contributed by atoms with Crippen molar-refractivity contribution in [1.82, 2.24) is 9.88 Å². The molecule has 7 nitrogen and oxygen atoms in total. The van der Waals surface area contributed by atoms with Crippen molar-refractivity contribution < 1.29 is 19.4 Å². The maximum Gasteiger partial charge on any atom is 0.417 e. The van der Waals surface area contributed by atoms with Crippen molar-refractivity contribution in [3.05, 3.63) is 34.3 Å². The maximum atomic E-state index is 11.1. The zero-order chi connectivity index (χ0) is 16.8. The number of carbonyl (C=O) groups is 1. The summed E-state index contributed by atoms with van der Waals surface area (Å²) in [7, 11) is 0. The molecule has 1 aromatic carbocycles. The number of benzene rings is 1. The van der Waals surface area contributed by atoms with Crippen LogP contribution in [0.1, 0.15) is 37.9 Å². The second-order valence-corrected chi connectivity index (χ2v) is 5.56. The fourth-order valence-electron chi connectivity index (χ4n) is 2.55. The summed E-state index contributed by atoms with van der Waals surface area (Å²) in [5.41, 5.74) is 1.69. The number of fused-ring (bicyclic) bond motifs is 1. The monoisotopic (exact) mass is 322 g/mol. The highest BCUT2D eigenvalue weighted by Crippen LogP contribution is 2.21. The summed E-state index contributed by atoms with van der Waals surface area (Å²) < 4.78 is 4.99. The molecule has 1 atom stereocenters. The van der Waals surface area contributed by atoms with Crippen LogP contribution in [0, 0.1) is 0 Å². The van der Waals surface area contributed by atoms with Crippen molar-refractivity contribution in [1.29, 1.82) is 0 Å². The highest BCUT2D eigenvalue weighted by Gasteiger charge is 2.13. The number of nitrogens with one attached hydrogen (secondary N) is 1. The van der Waals surface area contributed by atoms with Crippen LogP contribution < -0.4 is 5.76 Å². The first-order chi connectivity index (χ1) is 11.0. The lowest BCUT2D eigenvalue weighted by Crippen LogP contribution is -2.29. The molecule has 0 amide bonds. The van der Waals surface area contributed by atoms with Crippen molar-refractivity contribution in [2.75, 3.05) is 19.6 Å². The van der Waals surface area contributed by atoms with Crippen LogP contribution in [0.3, 0.4) is 0 Å². The topological polar surface area (TPSA) is 107 Å². The third-order valence-electron chi connectivity index (χ3n) is 3.73. The number of oxazole rings is 1. The summed E-state index contributed by atoms with van der Waals surface area (Å²) in [5.74, 6) is -1.34. The molecule has 0 aliphatic carbocycles. The van der Waals surface area contributed by atoms with Gasteiger partial charge in [-0.3, -0.25) is 9.78 Å². The van der Waals surface area contributed by atoms with Crippen LogP contribution in [-0.2, 0) is 4.79 Å². The molecule has 7 heteroatoms. The minimum atomic E-state index is -0.820. The smallest absolute Gasteiger partial charge is 0.417 e. The number of aliphatic carboxylic acids is 1. The highest BCUT2D eigenvalue weighted by molar-refractivity contribution is 5.72. The van der Waals surface area contributed by atoms with E-state index in [4.69, 9.17) is 9.52 Å². The number of hydrogen-bond acceptors (Lipinski definition) is 5. The maximum absolute atomic E-state index is 11.1. The van der Waals surface area contributed by atoms with Crippen molar-refractivity contribution in [2.45, 2.75) is 32.3 Å². The predicted molar refractivity (Wildman–Crippen MR) is 85.4 cm³/mol. The number of aliphatic hydroxyl groups excluding tert-OH is 1. The number of H-pyrrole nitrogens is 1. The van der Waals surface area contributed by atoms with Crippen LogP contribution in [0.2, 0.25) is 0 Å². The van der Waals surface area contributed by atoms with Crippen LogP contribution in [0.25, 0.3) is 11.1 Å². The molecule has 1 unspecified atom stereocenters. The van der Waals surface area contributed by atoms with E-state index in [0.717, 1.165) is 13.0 Å². The zero-order valence-corrected chi connectivity index (χ0v) is 13.1. The Bertz CT molecular complexity index is 706. The van der Waals surface area contributed by atoms with Gasteiger partial charge in [0.2, 0.25) is 0 Å². The van der Waals surface area contributed by atoms with Gasteiger partial charge in [-0.2, -0.15) is 0 Å². The first-order valence-electron chi connectivity index (χ1n) is 7.74. The molecule has 3 N–H and O–H groups in total. The van der Waals surface area contributed by atoms with Crippen molar-refractivity contribution in [3.63, 3.8) is 0 Å². The summed E-state index contributed by atoms with van der Waals surface area (Å²) in [6.45, 7) is 3.91. The molecular formula is C16H22N2O5. The fraction of sp³-hybridized carbons (Fsp3) is 0.500. The van der Waals surface area contributed by atoms with Gasteiger partial charge in [-0.05, 0) is 37.1 Å². The van der Waals surface area contributed by atoms with Crippen molar-refractivity contribution in [2.24, 2.45) is 0 Å². The molecule has 2 rings (SSSR count). The van der Waals surface area contributed by atoms with Crippen molar-refractivity contribution in [3.8, 4) is 0 Å². The summed E-state index contributed by atoms with van der Waals surface area (Å²) in [6, 6.07) is 5.10. The van der Waals surface area contributed by atoms with E-state index in [2.05, 4.69) is 4.98 Å². The molecular weight excluding hydrogens is 300 g/mol. The molecule has 23 heavy (non-hydrogen) atoms. The van der Waals surface area contributed by atoms with E-state index in [1.54, 1.807) is 18.2 Å². The Morgan fingerprint density at radius 2 is 2.13 bits per heavy atom. The molecule has 0 radical (unpaired) electrons. The van der Waals surface area contributed by atoms with Gasteiger partial charge in [0.15, 0.2) is 5.58 Å². The Kier molecular flexibility index (Phi) is 5.95. The molecule has 0 bridgehead atoms. The second kappa shape index (κ2) is 7.94. The lowest BCUT2D eigenvalue weighted by molar-refractivity contribution is -0.137. The number of carboxylic acids is 1. The standard InChI is InChI=1S/C16H22N2O5/c1-2-7-18(9-6-15(20)21)8-5-13(19)11-3-4-12-14(10-11)23-16(22)17-12/h3-4,10,13,19H,2,5-9H2,1H3,(H,17,22)(H,20,21). The van der Waals surface area contributed by atoms with Crippen molar-refractivity contribution >= 4 is 17.1 Å². The van der Waals surface area contributed by atoms with Crippen LogP contribution in [0.15, 0.2) is 27.4 Å². The first kappa shape index (κ1) is 17.2. The molecule has 0 spiro atoms. The van der Waals surface area contributed by atoms with E-state index in [-0.39, 0.29) is 6.42 Å². The van der Waals surface area contributed by atoms with Gasteiger partial charge < -0.3 is 19.5 Å². The summed E-state index contributed by atoms with van der Waals surface area (Å²) in [6.07, 6.45) is 0.816. The Morgan fingerprint density at radius 1 is 1.35 bits per heavy atom. The number of aromatic amines is 1. The number of carboxylic acid groups (broad SMARTS) is 1. The Balaban J connectivity index is 1.96. The third-order valence-corrected chi connectivity index (χ3v) is 3.73. The average molecular weight is 322 g/mol. The van der Waals surface area contributed by atoms with E-state index >= 15 is 0 Å². The van der Waals surface area contributed by atoms with E-state index in [0.29, 0.717) is 36.2 Å². The van der Waals surface area contributed by atoms with Crippen LogP contribution >= 0.6 is 0 Å². The minimum Gasteiger partial charge on any atom is -0.481 e. The average Bonchev–Trinajstić information content (AvgIpc) is 2.88. The molecule has 0 saturated carbocycles. The van der Waals surface area contributed by atoms with Gasteiger partial charge in [-0.15, -0.1) is 0 Å². The fourth-order valence-corrected chi connectivity index (χ4v) is 2.55. The van der Waals surface area contributed by atoms with E-state index in [1.165, 1.54) is 0 Å². The summed E-state index contributed by atoms with van der Waals surface area (Å²) >= 11 is 0. The Hall–Kier alpha value is -2.12. The lowest BCUT2D eigenvalue weighted by Gasteiger charge is -2.22. The highest BCUT2D eigenvalue weighted by atomic mass is 16.4. The largest absolute Gasteiger partial charge is 0.481 e. The molecule has 0 aliphatic heterocycles. The molecule has 0 saturated heterocycles. The van der Waals surface area contributed by atoms with Crippen LogP contribution in [0.5, 0.6) is 0 Å². The van der Waals surface area contributed by atoms with Gasteiger partial charge in [-0.1, -0.05) is 13.0 Å². The lowest BCUT2D eigenvalue weighted by atomic mass is 10.1. The van der Waals surface area contributed by atoms with Gasteiger partial charge in [-0.25, -0.2) is 4.79 Å². The van der Waals surface area contributed by atoms with Gasteiger partial charge >= 0.3 is 11.7 Å². The number of rotatable bonds is 9. The van der Waals surface area contributed by atoms with Gasteiger partial charge in [0.25, 0.3) is 0 Å². The number of nitrogens with zero attached hydrogens (tertiary/aromatic N) is 1. The van der Waals surface area contributed by atoms with E-state index in [9.17, 15) is 14.7 Å². The summed E-state index contributed by atoms with van der Waals surface area (Å²) in [4.78, 5) is 26.4. The normalized spacial score (nSPS) is 12.8. The third kappa shape index (κ3) is 4.94. The minimum absolute atomic E-state index is 0.0938.